The zero-order chi connectivity index (χ0) is 25.1. The van der Waals surface area contributed by atoms with Crippen molar-refractivity contribution in [3.63, 3.8) is 0 Å². The van der Waals surface area contributed by atoms with Gasteiger partial charge in [0, 0.05) is 34.8 Å². The van der Waals surface area contributed by atoms with Gasteiger partial charge in [-0.1, -0.05) is 24.3 Å². The average Bonchev–Trinajstić information content (AvgIpc) is 3.62. The van der Waals surface area contributed by atoms with Crippen molar-refractivity contribution in [2.75, 3.05) is 0 Å². The van der Waals surface area contributed by atoms with Crippen molar-refractivity contribution in [2.24, 2.45) is 28.8 Å². The van der Waals surface area contributed by atoms with E-state index in [1.54, 1.807) is 18.3 Å². The molecular formula is C28H24N4O4. The fraction of sp³-hybridized carbons (Fsp3) is 0.250. The predicted octanol–water partition coefficient (Wildman–Crippen LogP) is 4.81. The van der Waals surface area contributed by atoms with Crippen LogP contribution in [0.2, 0.25) is 0 Å². The summed E-state index contributed by atoms with van der Waals surface area (Å²) in [5.74, 6) is -0.563. The van der Waals surface area contributed by atoms with Crippen LogP contribution in [-0.2, 0) is 9.59 Å². The molecule has 8 heteroatoms. The fourth-order valence-corrected chi connectivity index (χ4v) is 6.01. The lowest BCUT2D eigenvalue weighted by Gasteiger charge is -2.13. The molecule has 180 valence electrons. The minimum atomic E-state index is -0.409. The van der Waals surface area contributed by atoms with Gasteiger partial charge in [0.25, 0.3) is 17.5 Å². The lowest BCUT2D eigenvalue weighted by Crippen LogP contribution is -2.28. The molecule has 0 N–H and O–H groups in total. The first-order valence-corrected chi connectivity index (χ1v) is 12.0. The van der Waals surface area contributed by atoms with Gasteiger partial charge in [0.2, 0.25) is 0 Å². The van der Waals surface area contributed by atoms with E-state index >= 15 is 0 Å². The molecule has 1 saturated heterocycles. The maximum atomic E-state index is 12.9. The molecule has 3 aromatic rings. The molecule has 2 aliphatic carbocycles. The summed E-state index contributed by atoms with van der Waals surface area (Å²) in [5.41, 5.74) is 5.65. The lowest BCUT2D eigenvalue weighted by atomic mass is 9.85. The van der Waals surface area contributed by atoms with Crippen LogP contribution in [0, 0.1) is 47.6 Å². The summed E-state index contributed by atoms with van der Waals surface area (Å²) in [6.07, 6.45) is 6.65. The number of nitro groups is 1. The minimum Gasteiger partial charge on any atom is -0.318 e. The van der Waals surface area contributed by atoms with Gasteiger partial charge in [-0.25, -0.2) is 0 Å². The number of amides is 2. The Kier molecular flexibility index (Phi) is 5.00. The van der Waals surface area contributed by atoms with Crippen molar-refractivity contribution >= 4 is 23.7 Å². The molecule has 2 aromatic carbocycles. The van der Waals surface area contributed by atoms with Crippen LogP contribution in [0.5, 0.6) is 0 Å². The maximum absolute atomic E-state index is 12.9. The molecular weight excluding hydrogens is 456 g/mol. The zero-order valence-corrected chi connectivity index (χ0v) is 19.9. The standard InChI is InChI=1S/C28H24N4O4/c1-16-13-22(15-29-31-27(33)25-20-3-4-21(14-20)26(25)28(31)34)17(2)30(16)23-9-5-18(6-10-23)19-7-11-24(12-8-19)32(35)36/h3-13,15,20-21,25-26H,14H2,1-2H3/b29-15-/t20-,21-,25+,26+/m0/s1. The van der Waals surface area contributed by atoms with E-state index in [1.807, 2.05) is 44.2 Å². The van der Waals surface area contributed by atoms with E-state index in [1.165, 1.54) is 12.1 Å². The molecule has 1 saturated carbocycles. The molecule has 2 bridgehead atoms. The highest BCUT2D eigenvalue weighted by molar-refractivity contribution is 6.06. The van der Waals surface area contributed by atoms with Gasteiger partial charge in [0.1, 0.15) is 0 Å². The second-order valence-corrected chi connectivity index (χ2v) is 9.75. The summed E-state index contributed by atoms with van der Waals surface area (Å²) in [6, 6.07) is 16.4. The van der Waals surface area contributed by atoms with E-state index in [-0.39, 0.29) is 41.2 Å². The maximum Gasteiger partial charge on any atom is 0.269 e. The number of non-ortho nitro benzene ring substituents is 1. The minimum absolute atomic E-state index is 0.0627. The van der Waals surface area contributed by atoms with Gasteiger partial charge < -0.3 is 4.57 Å². The Bertz CT molecular complexity index is 1440. The highest BCUT2D eigenvalue weighted by atomic mass is 16.6. The summed E-state index contributed by atoms with van der Waals surface area (Å²) in [4.78, 5) is 36.3. The van der Waals surface area contributed by atoms with Gasteiger partial charge in [-0.2, -0.15) is 10.1 Å². The van der Waals surface area contributed by atoms with Crippen LogP contribution < -0.4 is 0 Å². The second kappa shape index (κ2) is 8.12. The van der Waals surface area contributed by atoms with Crippen molar-refractivity contribution in [3.8, 4) is 16.8 Å². The lowest BCUT2D eigenvalue weighted by molar-refractivity contribution is -0.384. The Morgan fingerprint density at radius 1 is 0.917 bits per heavy atom. The van der Waals surface area contributed by atoms with E-state index in [0.29, 0.717) is 0 Å². The number of imide groups is 1. The van der Waals surface area contributed by atoms with Gasteiger partial charge in [-0.3, -0.25) is 19.7 Å². The topological polar surface area (TPSA) is 97.8 Å². The quantitative estimate of drug-likeness (QED) is 0.172. The fourth-order valence-electron chi connectivity index (χ4n) is 6.01. The van der Waals surface area contributed by atoms with Crippen molar-refractivity contribution in [1.29, 1.82) is 0 Å². The SMILES string of the molecule is Cc1cc(/C=N\N2C(=O)[C@H]3[C@H](C2=O)[C@H]2C=C[C@H]3C2)c(C)n1-c1ccc(-c2ccc([N+](=O)[O-])cc2)cc1. The average molecular weight is 481 g/mol. The molecule has 6 rings (SSSR count). The first-order valence-electron chi connectivity index (χ1n) is 12.0. The monoisotopic (exact) mass is 480 g/mol. The molecule has 1 aliphatic heterocycles. The molecule has 0 unspecified atom stereocenters. The van der Waals surface area contributed by atoms with Crippen LogP contribution in [0.15, 0.2) is 71.9 Å². The van der Waals surface area contributed by atoms with Gasteiger partial charge in [-0.05, 0) is 73.6 Å². The molecule has 8 nitrogen and oxygen atoms in total. The largest absolute Gasteiger partial charge is 0.318 e. The highest BCUT2D eigenvalue weighted by Crippen LogP contribution is 2.52. The molecule has 2 heterocycles. The Labute approximate surface area is 207 Å². The number of aryl methyl sites for hydroxylation is 1. The molecule has 0 radical (unpaired) electrons. The predicted molar refractivity (Wildman–Crippen MR) is 134 cm³/mol. The number of hydrazone groups is 1. The number of nitrogens with zero attached hydrogens (tertiary/aromatic N) is 4. The van der Waals surface area contributed by atoms with Crippen LogP contribution in [0.3, 0.4) is 0 Å². The molecule has 3 aliphatic rings. The van der Waals surface area contributed by atoms with E-state index < -0.39 is 4.92 Å². The third-order valence-corrected chi connectivity index (χ3v) is 7.77. The van der Waals surface area contributed by atoms with Crippen LogP contribution in [0.4, 0.5) is 5.69 Å². The molecule has 2 amide bonds. The van der Waals surface area contributed by atoms with E-state index in [2.05, 4.69) is 21.8 Å². The molecule has 2 fully saturated rings. The summed E-state index contributed by atoms with van der Waals surface area (Å²) in [7, 11) is 0. The Hall–Kier alpha value is -4.33. The Balaban J connectivity index is 1.23. The molecule has 4 atom stereocenters. The zero-order valence-electron chi connectivity index (χ0n) is 19.9. The van der Waals surface area contributed by atoms with Gasteiger partial charge in [0.05, 0.1) is 23.0 Å². The van der Waals surface area contributed by atoms with E-state index in [0.717, 1.165) is 45.2 Å². The number of aromatic nitrogens is 1. The van der Waals surface area contributed by atoms with Crippen LogP contribution >= 0.6 is 0 Å². The summed E-state index contributed by atoms with van der Waals surface area (Å²) >= 11 is 0. The van der Waals surface area contributed by atoms with Crippen molar-refractivity contribution in [2.45, 2.75) is 20.3 Å². The Morgan fingerprint density at radius 3 is 2.03 bits per heavy atom. The number of fused-ring (bicyclic) bond motifs is 5. The van der Waals surface area contributed by atoms with Crippen LogP contribution in [-0.4, -0.2) is 32.5 Å². The van der Waals surface area contributed by atoms with E-state index in [9.17, 15) is 19.7 Å². The number of carbonyl (C=O) groups excluding carboxylic acids is 2. The van der Waals surface area contributed by atoms with Crippen molar-refractivity contribution in [1.82, 2.24) is 9.58 Å². The Morgan fingerprint density at radius 2 is 1.47 bits per heavy atom. The highest BCUT2D eigenvalue weighted by Gasteiger charge is 2.59. The molecule has 36 heavy (non-hydrogen) atoms. The number of nitro benzene ring substituents is 1. The summed E-state index contributed by atoms with van der Waals surface area (Å²) in [6.45, 7) is 3.97. The number of carbonyl (C=O) groups is 2. The number of hydrogen-bond donors (Lipinski definition) is 0. The molecule has 0 spiro atoms. The van der Waals surface area contributed by atoms with Gasteiger partial charge >= 0.3 is 0 Å². The summed E-state index contributed by atoms with van der Waals surface area (Å²) < 4.78 is 2.09. The first kappa shape index (κ1) is 22.2. The second-order valence-electron chi connectivity index (χ2n) is 9.75. The van der Waals surface area contributed by atoms with Gasteiger partial charge in [0.15, 0.2) is 0 Å². The number of benzene rings is 2. The first-order chi connectivity index (χ1) is 17.3. The van der Waals surface area contributed by atoms with Crippen molar-refractivity contribution in [3.05, 3.63) is 93.8 Å². The van der Waals surface area contributed by atoms with Crippen LogP contribution in [0.25, 0.3) is 16.8 Å². The summed E-state index contributed by atoms with van der Waals surface area (Å²) in [5, 5.41) is 16.3. The number of allylic oxidation sites excluding steroid dienone is 2. The number of rotatable bonds is 5. The smallest absolute Gasteiger partial charge is 0.269 e. The number of hydrogen-bond acceptors (Lipinski definition) is 5. The third-order valence-electron chi connectivity index (χ3n) is 7.77. The van der Waals surface area contributed by atoms with E-state index in [4.69, 9.17) is 0 Å². The molecule has 1 aromatic heterocycles. The van der Waals surface area contributed by atoms with Gasteiger partial charge in [-0.15, -0.1) is 0 Å². The van der Waals surface area contributed by atoms with Crippen LogP contribution in [0.1, 0.15) is 23.4 Å². The van der Waals surface area contributed by atoms with Crippen molar-refractivity contribution < 1.29 is 14.5 Å². The normalized spacial score (nSPS) is 24.3. The third kappa shape index (κ3) is 3.32.